The van der Waals surface area contributed by atoms with Crippen molar-refractivity contribution in [1.29, 1.82) is 0 Å². The van der Waals surface area contributed by atoms with E-state index in [9.17, 15) is 4.79 Å². The fourth-order valence-electron chi connectivity index (χ4n) is 1.31. The van der Waals surface area contributed by atoms with Crippen LogP contribution in [0.25, 0.3) is 0 Å². The molecule has 1 fully saturated rings. The van der Waals surface area contributed by atoms with Gasteiger partial charge in [0.05, 0.1) is 0 Å². The van der Waals surface area contributed by atoms with E-state index in [0.717, 1.165) is 13.1 Å². The van der Waals surface area contributed by atoms with Crippen molar-refractivity contribution in [3.8, 4) is 0 Å². The molecule has 0 aromatic carbocycles. The number of hydrogen-bond donors (Lipinski definition) is 2. The normalized spacial score (nSPS) is 30.4. The zero-order chi connectivity index (χ0) is 8.27. The second-order valence-corrected chi connectivity index (χ2v) is 3.16. The molecule has 1 aliphatic rings. The first-order valence-electron chi connectivity index (χ1n) is 4.24. The molecule has 2 unspecified atom stereocenters. The van der Waals surface area contributed by atoms with Gasteiger partial charge in [0, 0.05) is 19.0 Å². The highest BCUT2D eigenvalue weighted by Crippen LogP contribution is 2.06. The average molecular weight is 156 g/mol. The second-order valence-electron chi connectivity index (χ2n) is 3.16. The van der Waals surface area contributed by atoms with Crippen LogP contribution in [0.2, 0.25) is 0 Å². The van der Waals surface area contributed by atoms with Gasteiger partial charge in [0.25, 0.3) is 0 Å². The summed E-state index contributed by atoms with van der Waals surface area (Å²) < 4.78 is 0. The Balaban J connectivity index is 2.30. The number of nitrogens with one attached hydrogen (secondary N) is 2. The minimum atomic E-state index is 0.158. The van der Waals surface area contributed by atoms with Gasteiger partial charge in [0.2, 0.25) is 5.91 Å². The maximum atomic E-state index is 11.0. The lowest BCUT2D eigenvalue weighted by atomic mass is 10.1. The van der Waals surface area contributed by atoms with Crippen molar-refractivity contribution in [2.24, 2.45) is 5.92 Å². The van der Waals surface area contributed by atoms with E-state index in [0.29, 0.717) is 18.4 Å². The molecule has 0 aliphatic carbocycles. The van der Waals surface area contributed by atoms with Crippen LogP contribution in [-0.2, 0) is 4.79 Å². The number of hydrogen-bond acceptors (Lipinski definition) is 2. The monoisotopic (exact) mass is 156 g/mol. The summed E-state index contributed by atoms with van der Waals surface area (Å²) in [6.07, 6.45) is 0.587. The highest BCUT2D eigenvalue weighted by Gasteiger charge is 2.23. The molecule has 1 saturated heterocycles. The molecule has 0 bridgehead atoms. The summed E-state index contributed by atoms with van der Waals surface area (Å²) in [4.78, 5) is 11.0. The Labute approximate surface area is 67.5 Å². The molecule has 0 aromatic rings. The van der Waals surface area contributed by atoms with Gasteiger partial charge < -0.3 is 10.6 Å². The number of carbonyl (C=O) groups excluding carboxylic acids is 1. The first-order valence-corrected chi connectivity index (χ1v) is 4.24. The van der Waals surface area contributed by atoms with Crippen molar-refractivity contribution in [2.45, 2.75) is 26.3 Å². The van der Waals surface area contributed by atoms with Gasteiger partial charge in [-0.1, -0.05) is 13.8 Å². The number of amides is 1. The van der Waals surface area contributed by atoms with E-state index in [1.165, 1.54) is 0 Å². The molecule has 2 N–H and O–H groups in total. The van der Waals surface area contributed by atoms with Crippen LogP contribution in [0.5, 0.6) is 0 Å². The van der Waals surface area contributed by atoms with Crippen molar-refractivity contribution in [3.63, 3.8) is 0 Å². The molecular weight excluding hydrogens is 140 g/mol. The Morgan fingerprint density at radius 2 is 2.36 bits per heavy atom. The summed E-state index contributed by atoms with van der Waals surface area (Å²) in [6.45, 7) is 5.98. The van der Waals surface area contributed by atoms with Crippen molar-refractivity contribution in [2.75, 3.05) is 13.1 Å². The summed E-state index contributed by atoms with van der Waals surface area (Å²) in [5.74, 6) is 0.732. The van der Waals surface area contributed by atoms with E-state index in [1.807, 2.05) is 6.92 Å². The molecule has 0 saturated carbocycles. The maximum Gasteiger partial charge on any atom is 0.219 e. The van der Waals surface area contributed by atoms with Gasteiger partial charge in [-0.3, -0.25) is 4.79 Å². The smallest absolute Gasteiger partial charge is 0.219 e. The first kappa shape index (κ1) is 8.53. The van der Waals surface area contributed by atoms with Crippen LogP contribution in [0.15, 0.2) is 0 Å². The third-order valence-electron chi connectivity index (χ3n) is 2.18. The van der Waals surface area contributed by atoms with Crippen molar-refractivity contribution in [3.05, 3.63) is 0 Å². The molecule has 64 valence electrons. The van der Waals surface area contributed by atoms with E-state index in [4.69, 9.17) is 0 Å². The Morgan fingerprint density at radius 3 is 2.82 bits per heavy atom. The molecule has 1 aliphatic heterocycles. The maximum absolute atomic E-state index is 11.0. The SMILES string of the molecule is CCC(=O)NC1CNCC1C. The van der Waals surface area contributed by atoms with E-state index in [2.05, 4.69) is 17.6 Å². The Hall–Kier alpha value is -0.570. The van der Waals surface area contributed by atoms with Crippen LogP contribution in [-0.4, -0.2) is 25.0 Å². The highest BCUT2D eigenvalue weighted by molar-refractivity contribution is 5.75. The third kappa shape index (κ3) is 2.19. The second kappa shape index (κ2) is 3.72. The summed E-state index contributed by atoms with van der Waals surface area (Å²) in [5.41, 5.74) is 0. The molecule has 3 nitrogen and oxygen atoms in total. The van der Waals surface area contributed by atoms with Crippen LogP contribution in [0.3, 0.4) is 0 Å². The van der Waals surface area contributed by atoms with Crippen LogP contribution in [0.1, 0.15) is 20.3 Å². The number of carbonyl (C=O) groups is 1. The molecule has 0 aromatic heterocycles. The first-order chi connectivity index (χ1) is 5.24. The van der Waals surface area contributed by atoms with Gasteiger partial charge in [-0.2, -0.15) is 0 Å². The lowest BCUT2D eigenvalue weighted by Crippen LogP contribution is -2.39. The van der Waals surface area contributed by atoms with Crippen LogP contribution in [0.4, 0.5) is 0 Å². The zero-order valence-corrected chi connectivity index (χ0v) is 7.18. The molecule has 1 rings (SSSR count). The van der Waals surface area contributed by atoms with Crippen molar-refractivity contribution >= 4 is 5.91 Å². The Kier molecular flexibility index (Phi) is 2.88. The summed E-state index contributed by atoms with van der Waals surface area (Å²) >= 11 is 0. The molecular formula is C8H16N2O. The molecule has 11 heavy (non-hydrogen) atoms. The van der Waals surface area contributed by atoms with E-state index >= 15 is 0 Å². The van der Waals surface area contributed by atoms with E-state index < -0.39 is 0 Å². The zero-order valence-electron chi connectivity index (χ0n) is 7.18. The predicted octanol–water partition coefficient (Wildman–Crippen LogP) is 0.120. The molecule has 1 heterocycles. The largest absolute Gasteiger partial charge is 0.352 e. The van der Waals surface area contributed by atoms with Crippen molar-refractivity contribution in [1.82, 2.24) is 10.6 Å². The minimum absolute atomic E-state index is 0.158. The topological polar surface area (TPSA) is 41.1 Å². The minimum Gasteiger partial charge on any atom is -0.352 e. The lowest BCUT2D eigenvalue weighted by molar-refractivity contribution is -0.121. The van der Waals surface area contributed by atoms with Gasteiger partial charge in [-0.25, -0.2) is 0 Å². The van der Waals surface area contributed by atoms with Gasteiger partial charge in [0.15, 0.2) is 0 Å². The quantitative estimate of drug-likeness (QED) is 0.596. The van der Waals surface area contributed by atoms with Gasteiger partial charge >= 0.3 is 0 Å². The van der Waals surface area contributed by atoms with Crippen LogP contribution >= 0.6 is 0 Å². The molecule has 0 spiro atoms. The Morgan fingerprint density at radius 1 is 1.64 bits per heavy atom. The third-order valence-corrected chi connectivity index (χ3v) is 2.18. The molecule has 0 radical (unpaired) electrons. The van der Waals surface area contributed by atoms with Crippen LogP contribution < -0.4 is 10.6 Å². The van der Waals surface area contributed by atoms with Gasteiger partial charge in [0.1, 0.15) is 0 Å². The van der Waals surface area contributed by atoms with E-state index in [1.54, 1.807) is 0 Å². The average Bonchev–Trinajstić information content (AvgIpc) is 2.37. The standard InChI is InChI=1S/C8H16N2O/c1-3-8(11)10-7-5-9-4-6(7)2/h6-7,9H,3-5H2,1-2H3,(H,10,11). The highest BCUT2D eigenvalue weighted by atomic mass is 16.1. The summed E-state index contributed by atoms with van der Waals surface area (Å²) in [5, 5.41) is 6.21. The summed E-state index contributed by atoms with van der Waals surface area (Å²) in [6, 6.07) is 0.349. The van der Waals surface area contributed by atoms with E-state index in [-0.39, 0.29) is 5.91 Å². The fourth-order valence-corrected chi connectivity index (χ4v) is 1.31. The molecule has 2 atom stereocenters. The predicted molar refractivity (Wildman–Crippen MR) is 44.3 cm³/mol. The fraction of sp³-hybridized carbons (Fsp3) is 0.875. The van der Waals surface area contributed by atoms with Crippen molar-refractivity contribution < 1.29 is 4.79 Å². The lowest BCUT2D eigenvalue weighted by Gasteiger charge is -2.15. The number of rotatable bonds is 2. The molecule has 1 amide bonds. The Bertz CT molecular complexity index is 147. The van der Waals surface area contributed by atoms with Gasteiger partial charge in [-0.05, 0) is 12.5 Å². The molecule has 3 heteroatoms. The van der Waals surface area contributed by atoms with Crippen LogP contribution in [0, 0.1) is 5.92 Å². The summed E-state index contributed by atoms with van der Waals surface area (Å²) in [7, 11) is 0. The van der Waals surface area contributed by atoms with Gasteiger partial charge in [-0.15, -0.1) is 0 Å².